The third-order valence-corrected chi connectivity index (χ3v) is 4.91. The number of carbonyl (C=O) groups excluding carboxylic acids is 1. The fraction of sp³-hybridized carbons (Fsp3) is 0.409. The van der Waals surface area contributed by atoms with Crippen molar-refractivity contribution in [2.45, 2.75) is 26.2 Å². The van der Waals surface area contributed by atoms with Crippen molar-refractivity contribution in [2.24, 2.45) is 5.92 Å². The molecule has 0 radical (unpaired) electrons. The molecule has 2 aromatic rings. The molecule has 0 atom stereocenters. The van der Waals surface area contributed by atoms with Crippen molar-refractivity contribution in [3.05, 3.63) is 65.7 Å². The first-order valence-electron chi connectivity index (χ1n) is 9.47. The zero-order valence-electron chi connectivity index (χ0n) is 15.5. The van der Waals surface area contributed by atoms with Crippen molar-refractivity contribution >= 4 is 6.03 Å². The number of urea groups is 1. The summed E-state index contributed by atoms with van der Waals surface area (Å²) in [6, 6.07) is 18.6. The summed E-state index contributed by atoms with van der Waals surface area (Å²) in [5.74, 6) is 1.52. The second-order valence-electron chi connectivity index (χ2n) is 7.02. The van der Waals surface area contributed by atoms with Gasteiger partial charge in [-0.15, -0.1) is 0 Å². The molecular formula is C22H28N2O2. The number of nitrogens with one attached hydrogen (secondary N) is 1. The van der Waals surface area contributed by atoms with Crippen LogP contribution in [0.3, 0.4) is 0 Å². The van der Waals surface area contributed by atoms with Crippen LogP contribution >= 0.6 is 0 Å². The number of piperidine rings is 1. The Morgan fingerprint density at radius 3 is 2.62 bits per heavy atom. The molecule has 1 N–H and O–H groups in total. The van der Waals surface area contributed by atoms with E-state index in [9.17, 15) is 4.79 Å². The molecule has 1 heterocycles. The minimum absolute atomic E-state index is 0.0241. The van der Waals surface area contributed by atoms with E-state index in [1.54, 1.807) is 0 Å². The lowest BCUT2D eigenvalue weighted by Gasteiger charge is -2.32. The minimum Gasteiger partial charge on any atom is -0.492 e. The number of aryl methyl sites for hydroxylation is 1. The second kappa shape index (κ2) is 9.27. The van der Waals surface area contributed by atoms with Gasteiger partial charge in [0.15, 0.2) is 0 Å². The number of benzene rings is 2. The van der Waals surface area contributed by atoms with Crippen molar-refractivity contribution in [3.8, 4) is 5.75 Å². The van der Waals surface area contributed by atoms with Gasteiger partial charge in [-0.25, -0.2) is 4.79 Å². The fourth-order valence-corrected chi connectivity index (χ4v) is 3.43. The quantitative estimate of drug-likeness (QED) is 0.797. The van der Waals surface area contributed by atoms with Gasteiger partial charge in [-0.3, -0.25) is 0 Å². The maximum Gasteiger partial charge on any atom is 0.317 e. The standard InChI is InChI=1S/C22H28N2O2/c1-18-6-5-9-21(16-18)26-15-12-23-22(25)24-13-10-20(11-14-24)17-19-7-3-2-4-8-19/h2-9,16,20H,10-15,17H2,1H3,(H,23,25). The lowest BCUT2D eigenvalue weighted by molar-refractivity contribution is 0.168. The summed E-state index contributed by atoms with van der Waals surface area (Å²) >= 11 is 0. The van der Waals surface area contributed by atoms with E-state index in [1.165, 1.54) is 11.1 Å². The monoisotopic (exact) mass is 352 g/mol. The summed E-state index contributed by atoms with van der Waals surface area (Å²) in [7, 11) is 0. The molecule has 2 aromatic carbocycles. The van der Waals surface area contributed by atoms with Crippen LogP contribution in [0.15, 0.2) is 54.6 Å². The van der Waals surface area contributed by atoms with Crippen molar-refractivity contribution in [3.63, 3.8) is 0 Å². The van der Waals surface area contributed by atoms with E-state index in [1.807, 2.05) is 36.1 Å². The van der Waals surface area contributed by atoms with Gasteiger partial charge in [-0.1, -0.05) is 42.5 Å². The van der Waals surface area contributed by atoms with Gasteiger partial charge in [0.1, 0.15) is 12.4 Å². The highest BCUT2D eigenvalue weighted by atomic mass is 16.5. The molecule has 0 spiro atoms. The van der Waals surface area contributed by atoms with Gasteiger partial charge < -0.3 is 15.0 Å². The fourth-order valence-electron chi connectivity index (χ4n) is 3.43. The maximum atomic E-state index is 12.3. The van der Waals surface area contributed by atoms with Crippen molar-refractivity contribution in [2.75, 3.05) is 26.2 Å². The first-order valence-corrected chi connectivity index (χ1v) is 9.47. The van der Waals surface area contributed by atoms with Gasteiger partial charge in [-0.05, 0) is 55.4 Å². The second-order valence-corrected chi connectivity index (χ2v) is 7.02. The molecule has 1 fully saturated rings. The average molecular weight is 352 g/mol. The molecule has 0 aromatic heterocycles. The van der Waals surface area contributed by atoms with E-state index in [4.69, 9.17) is 4.74 Å². The van der Waals surface area contributed by atoms with Crippen LogP contribution in [0.2, 0.25) is 0 Å². The summed E-state index contributed by atoms with van der Waals surface area (Å²) in [6.07, 6.45) is 3.25. The first kappa shape index (κ1) is 18.3. The highest BCUT2D eigenvalue weighted by Gasteiger charge is 2.22. The Bertz CT molecular complexity index is 694. The van der Waals surface area contributed by atoms with Gasteiger partial charge >= 0.3 is 6.03 Å². The number of rotatable bonds is 6. The maximum absolute atomic E-state index is 12.3. The summed E-state index contributed by atoms with van der Waals surface area (Å²) in [5.41, 5.74) is 2.56. The number of nitrogens with zero attached hydrogens (tertiary/aromatic N) is 1. The largest absolute Gasteiger partial charge is 0.492 e. The SMILES string of the molecule is Cc1cccc(OCCNC(=O)N2CCC(Cc3ccccc3)CC2)c1. The molecule has 1 aliphatic heterocycles. The highest BCUT2D eigenvalue weighted by Crippen LogP contribution is 2.21. The van der Waals surface area contributed by atoms with Crippen LogP contribution < -0.4 is 10.1 Å². The number of hydrogen-bond donors (Lipinski definition) is 1. The van der Waals surface area contributed by atoms with Crippen LogP contribution in [0, 0.1) is 12.8 Å². The Hall–Kier alpha value is -2.49. The molecule has 26 heavy (non-hydrogen) atoms. The Labute approximate surface area is 156 Å². The molecule has 2 amide bonds. The lowest BCUT2D eigenvalue weighted by atomic mass is 9.90. The molecule has 0 aliphatic carbocycles. The first-order chi connectivity index (χ1) is 12.7. The Balaban J connectivity index is 1.33. The van der Waals surface area contributed by atoms with Crippen LogP contribution in [0.5, 0.6) is 5.75 Å². The van der Waals surface area contributed by atoms with E-state index in [2.05, 4.69) is 35.6 Å². The molecular weight excluding hydrogens is 324 g/mol. The summed E-state index contributed by atoms with van der Waals surface area (Å²) in [4.78, 5) is 14.2. The number of hydrogen-bond acceptors (Lipinski definition) is 2. The molecule has 4 heteroatoms. The van der Waals surface area contributed by atoms with Crippen LogP contribution in [-0.2, 0) is 6.42 Å². The number of likely N-dealkylation sites (tertiary alicyclic amines) is 1. The van der Waals surface area contributed by atoms with Crippen molar-refractivity contribution < 1.29 is 9.53 Å². The van der Waals surface area contributed by atoms with Crippen LogP contribution in [0.25, 0.3) is 0 Å². The summed E-state index contributed by atoms with van der Waals surface area (Å²) in [5, 5.41) is 2.96. The Morgan fingerprint density at radius 2 is 1.88 bits per heavy atom. The van der Waals surface area contributed by atoms with Crippen molar-refractivity contribution in [1.82, 2.24) is 10.2 Å². The number of carbonyl (C=O) groups is 1. The average Bonchev–Trinajstić information content (AvgIpc) is 2.66. The molecule has 138 valence electrons. The third kappa shape index (κ3) is 5.51. The summed E-state index contributed by atoms with van der Waals surface area (Å²) in [6.45, 7) is 4.72. The topological polar surface area (TPSA) is 41.6 Å². The Kier molecular flexibility index (Phi) is 6.53. The predicted octanol–water partition coefficient (Wildman–Crippen LogP) is 4.04. The normalized spacial score (nSPS) is 14.9. The smallest absolute Gasteiger partial charge is 0.317 e. The predicted molar refractivity (Wildman–Crippen MR) is 105 cm³/mol. The van der Waals surface area contributed by atoms with Crippen molar-refractivity contribution in [1.29, 1.82) is 0 Å². The van der Waals surface area contributed by atoms with Gasteiger partial charge in [0.25, 0.3) is 0 Å². The molecule has 3 rings (SSSR count). The zero-order chi connectivity index (χ0) is 18.2. The van der Waals surface area contributed by atoms with E-state index >= 15 is 0 Å². The van der Waals surface area contributed by atoms with Gasteiger partial charge in [0.05, 0.1) is 6.54 Å². The minimum atomic E-state index is 0.0241. The zero-order valence-corrected chi connectivity index (χ0v) is 15.5. The van der Waals surface area contributed by atoms with Crippen LogP contribution in [-0.4, -0.2) is 37.2 Å². The molecule has 0 saturated carbocycles. The lowest BCUT2D eigenvalue weighted by Crippen LogP contribution is -2.45. The van der Waals surface area contributed by atoms with Gasteiger partial charge in [0.2, 0.25) is 0 Å². The molecule has 4 nitrogen and oxygen atoms in total. The van der Waals surface area contributed by atoms with Gasteiger partial charge in [0, 0.05) is 13.1 Å². The molecule has 1 aliphatic rings. The van der Waals surface area contributed by atoms with Gasteiger partial charge in [-0.2, -0.15) is 0 Å². The summed E-state index contributed by atoms with van der Waals surface area (Å²) < 4.78 is 5.67. The number of amides is 2. The highest BCUT2D eigenvalue weighted by molar-refractivity contribution is 5.74. The third-order valence-electron chi connectivity index (χ3n) is 4.91. The number of ether oxygens (including phenoxy) is 1. The van der Waals surface area contributed by atoms with E-state index in [-0.39, 0.29) is 6.03 Å². The molecule has 1 saturated heterocycles. The van der Waals surface area contributed by atoms with E-state index in [0.29, 0.717) is 19.1 Å². The molecule has 0 bridgehead atoms. The van der Waals surface area contributed by atoms with E-state index < -0.39 is 0 Å². The van der Waals surface area contributed by atoms with Crippen LogP contribution in [0.1, 0.15) is 24.0 Å². The van der Waals surface area contributed by atoms with E-state index in [0.717, 1.165) is 38.1 Å². The Morgan fingerprint density at radius 1 is 1.12 bits per heavy atom. The van der Waals surface area contributed by atoms with Crippen LogP contribution in [0.4, 0.5) is 4.79 Å². The molecule has 0 unspecified atom stereocenters.